The molecule has 0 heterocycles. The van der Waals surface area contributed by atoms with E-state index in [1.54, 1.807) is 30.3 Å². The van der Waals surface area contributed by atoms with E-state index >= 15 is 0 Å². The molecule has 0 fully saturated rings. The van der Waals surface area contributed by atoms with Gasteiger partial charge in [-0.25, -0.2) is 4.79 Å². The molecule has 0 aromatic heterocycles. The van der Waals surface area contributed by atoms with E-state index in [-0.39, 0.29) is 25.4 Å². The number of ketones is 1. The lowest BCUT2D eigenvalue weighted by molar-refractivity contribution is -0.140. The number of carbonyl (C=O) groups is 4. The molecule has 1 aromatic carbocycles. The Bertz CT molecular complexity index is 648. The van der Waals surface area contributed by atoms with E-state index in [0.29, 0.717) is 6.42 Å². The molecule has 9 heteroatoms. The lowest BCUT2D eigenvalue weighted by Gasteiger charge is -2.21. The van der Waals surface area contributed by atoms with Crippen molar-refractivity contribution >= 4 is 23.8 Å². The maximum absolute atomic E-state index is 12.3. The number of benzene rings is 1. The number of hydrogen-bond donors (Lipinski definition) is 4. The van der Waals surface area contributed by atoms with Gasteiger partial charge < -0.3 is 25.6 Å². The highest BCUT2D eigenvalue weighted by Gasteiger charge is 2.27. The number of Topliss-reactive ketones (excluding diaryl/α,β-unsaturated/α-hetero) is 1. The zero-order valence-electron chi connectivity index (χ0n) is 15.0. The standard InChI is InChI=1S/C18H24N2O7/c1-12(22)14(8-5-9-21)19-17(25)15(10-16(23)24)20-18(26)27-11-13-6-3-2-4-7-13/h2-4,6-7,14-15,21H,5,8-11H2,1H3,(H,19,25)(H,20,26)(H,23,24)/t14?,15-/m0/s1. The van der Waals surface area contributed by atoms with Crippen molar-refractivity contribution in [3.8, 4) is 0 Å². The van der Waals surface area contributed by atoms with Crippen LogP contribution in [-0.2, 0) is 25.7 Å². The van der Waals surface area contributed by atoms with Gasteiger partial charge in [0.15, 0.2) is 5.78 Å². The van der Waals surface area contributed by atoms with E-state index in [4.69, 9.17) is 14.9 Å². The molecule has 4 N–H and O–H groups in total. The lowest BCUT2D eigenvalue weighted by Crippen LogP contribution is -2.52. The number of carboxylic acid groups (broad SMARTS) is 1. The summed E-state index contributed by atoms with van der Waals surface area (Å²) in [5.74, 6) is -2.45. The quantitative estimate of drug-likeness (QED) is 0.440. The van der Waals surface area contributed by atoms with E-state index in [2.05, 4.69) is 10.6 Å². The third-order valence-corrected chi connectivity index (χ3v) is 3.66. The average Bonchev–Trinajstić information content (AvgIpc) is 2.63. The summed E-state index contributed by atoms with van der Waals surface area (Å²) in [5, 5.41) is 22.4. The lowest BCUT2D eigenvalue weighted by atomic mass is 10.1. The molecule has 1 unspecified atom stereocenters. The molecule has 148 valence electrons. The minimum Gasteiger partial charge on any atom is -0.481 e. The van der Waals surface area contributed by atoms with Crippen LogP contribution in [0.2, 0.25) is 0 Å². The second-order valence-corrected chi connectivity index (χ2v) is 5.89. The molecule has 9 nitrogen and oxygen atoms in total. The topological polar surface area (TPSA) is 142 Å². The number of hydrogen-bond acceptors (Lipinski definition) is 6. The first kappa shape index (κ1) is 22.1. The van der Waals surface area contributed by atoms with Crippen molar-refractivity contribution in [2.75, 3.05) is 6.61 Å². The highest BCUT2D eigenvalue weighted by atomic mass is 16.5. The SMILES string of the molecule is CC(=O)C(CCCO)NC(=O)[C@H](CC(=O)O)NC(=O)OCc1ccccc1. The number of carbonyl (C=O) groups excluding carboxylic acids is 3. The van der Waals surface area contributed by atoms with Crippen LogP contribution < -0.4 is 10.6 Å². The molecule has 1 rings (SSSR count). The van der Waals surface area contributed by atoms with Gasteiger partial charge in [0.2, 0.25) is 5.91 Å². The minimum absolute atomic E-state index is 0.0410. The van der Waals surface area contributed by atoms with Crippen molar-refractivity contribution in [2.24, 2.45) is 0 Å². The molecule has 0 saturated heterocycles. The number of amides is 2. The van der Waals surface area contributed by atoms with Gasteiger partial charge in [-0.15, -0.1) is 0 Å². The Balaban J connectivity index is 2.66. The number of rotatable bonds is 11. The van der Waals surface area contributed by atoms with E-state index in [1.807, 2.05) is 0 Å². The van der Waals surface area contributed by atoms with Gasteiger partial charge in [0.25, 0.3) is 0 Å². The summed E-state index contributed by atoms with van der Waals surface area (Å²) < 4.78 is 4.98. The Morgan fingerprint density at radius 2 is 1.74 bits per heavy atom. The fourth-order valence-corrected chi connectivity index (χ4v) is 2.24. The maximum atomic E-state index is 12.3. The number of aliphatic hydroxyl groups is 1. The molecule has 0 aliphatic carbocycles. The molecule has 1 aromatic rings. The van der Waals surface area contributed by atoms with E-state index in [9.17, 15) is 19.2 Å². The number of nitrogens with one attached hydrogen (secondary N) is 2. The Morgan fingerprint density at radius 1 is 1.07 bits per heavy atom. The van der Waals surface area contributed by atoms with Crippen LogP contribution in [0.4, 0.5) is 4.79 Å². The van der Waals surface area contributed by atoms with Gasteiger partial charge in [0, 0.05) is 6.61 Å². The molecule has 0 bridgehead atoms. The van der Waals surface area contributed by atoms with Gasteiger partial charge in [-0.3, -0.25) is 14.4 Å². The smallest absolute Gasteiger partial charge is 0.408 e. The van der Waals surface area contributed by atoms with Crippen LogP contribution in [-0.4, -0.2) is 52.7 Å². The summed E-state index contributed by atoms with van der Waals surface area (Å²) in [4.78, 5) is 46.8. The second-order valence-electron chi connectivity index (χ2n) is 5.89. The summed E-state index contributed by atoms with van der Waals surface area (Å²) in [6, 6.07) is 6.56. The fourth-order valence-electron chi connectivity index (χ4n) is 2.24. The van der Waals surface area contributed by atoms with Crippen LogP contribution in [0, 0.1) is 0 Å². The molecule has 0 aliphatic heterocycles. The maximum Gasteiger partial charge on any atom is 0.408 e. The zero-order valence-corrected chi connectivity index (χ0v) is 15.0. The third-order valence-electron chi connectivity index (χ3n) is 3.66. The van der Waals surface area contributed by atoms with E-state index in [1.165, 1.54) is 6.92 Å². The van der Waals surface area contributed by atoms with Crippen molar-refractivity contribution in [3.63, 3.8) is 0 Å². The zero-order chi connectivity index (χ0) is 20.2. The third kappa shape index (κ3) is 8.82. The minimum atomic E-state index is -1.40. The molecule has 2 atom stereocenters. The van der Waals surface area contributed by atoms with Gasteiger partial charge in [0.1, 0.15) is 12.6 Å². The molecule has 0 saturated carbocycles. The number of alkyl carbamates (subject to hydrolysis) is 1. The predicted molar refractivity (Wildman–Crippen MR) is 94.7 cm³/mol. The summed E-state index contributed by atoms with van der Waals surface area (Å²) in [7, 11) is 0. The van der Waals surface area contributed by atoms with Gasteiger partial charge in [-0.05, 0) is 25.3 Å². The highest BCUT2D eigenvalue weighted by Crippen LogP contribution is 2.04. The Hall–Kier alpha value is -2.94. The van der Waals surface area contributed by atoms with Crippen molar-refractivity contribution < 1.29 is 34.1 Å². The van der Waals surface area contributed by atoms with Crippen molar-refractivity contribution in [1.82, 2.24) is 10.6 Å². The van der Waals surface area contributed by atoms with Crippen LogP contribution in [0.5, 0.6) is 0 Å². The predicted octanol–water partition coefficient (Wildman–Crippen LogP) is 0.602. The van der Waals surface area contributed by atoms with Crippen LogP contribution in [0.3, 0.4) is 0 Å². The largest absolute Gasteiger partial charge is 0.481 e. The molecular formula is C18H24N2O7. The summed E-state index contributed by atoms with van der Waals surface area (Å²) in [6.45, 7) is 1.08. The molecule has 2 amide bonds. The normalized spacial score (nSPS) is 12.5. The summed E-state index contributed by atoms with van der Waals surface area (Å²) >= 11 is 0. The molecule has 27 heavy (non-hydrogen) atoms. The summed E-state index contributed by atoms with van der Waals surface area (Å²) in [5.41, 5.74) is 0.729. The first-order valence-electron chi connectivity index (χ1n) is 8.44. The van der Waals surface area contributed by atoms with Gasteiger partial charge >= 0.3 is 12.1 Å². The first-order valence-corrected chi connectivity index (χ1v) is 8.44. The highest BCUT2D eigenvalue weighted by molar-refractivity contribution is 5.93. The number of aliphatic carboxylic acids is 1. The summed E-state index contributed by atoms with van der Waals surface area (Å²) in [6.07, 6.45) is -1.12. The van der Waals surface area contributed by atoms with Gasteiger partial charge in [0.05, 0.1) is 12.5 Å². The van der Waals surface area contributed by atoms with Crippen LogP contribution in [0.15, 0.2) is 30.3 Å². The van der Waals surface area contributed by atoms with Gasteiger partial charge in [-0.1, -0.05) is 30.3 Å². The average molecular weight is 380 g/mol. The fraction of sp³-hybridized carbons (Fsp3) is 0.444. The van der Waals surface area contributed by atoms with Crippen LogP contribution in [0.1, 0.15) is 31.7 Å². The van der Waals surface area contributed by atoms with Crippen molar-refractivity contribution in [2.45, 2.75) is 44.9 Å². The van der Waals surface area contributed by atoms with Gasteiger partial charge in [-0.2, -0.15) is 0 Å². The Morgan fingerprint density at radius 3 is 2.30 bits per heavy atom. The molecular weight excluding hydrogens is 356 g/mol. The van der Waals surface area contributed by atoms with Crippen molar-refractivity contribution in [3.05, 3.63) is 35.9 Å². The monoisotopic (exact) mass is 380 g/mol. The Kier molecular flexibility index (Phi) is 9.52. The second kappa shape index (κ2) is 11.6. The molecule has 0 aliphatic rings. The number of ether oxygens (including phenoxy) is 1. The molecule has 0 spiro atoms. The first-order chi connectivity index (χ1) is 12.8. The van der Waals surface area contributed by atoms with Crippen LogP contribution >= 0.6 is 0 Å². The number of carboxylic acids is 1. The number of aliphatic hydroxyl groups excluding tert-OH is 1. The van der Waals surface area contributed by atoms with E-state index in [0.717, 1.165) is 5.56 Å². The van der Waals surface area contributed by atoms with Crippen molar-refractivity contribution in [1.29, 1.82) is 0 Å². The molecule has 0 radical (unpaired) electrons. The van der Waals surface area contributed by atoms with Crippen LogP contribution in [0.25, 0.3) is 0 Å². The van der Waals surface area contributed by atoms with E-state index < -0.39 is 36.5 Å². The Labute approximate surface area is 156 Å².